The summed E-state index contributed by atoms with van der Waals surface area (Å²) in [6.45, 7) is 4.95. The fraction of sp³-hybridized carbons (Fsp3) is 0.231. The Balaban J connectivity index is 1.55. The average molecular weight is 433 g/mol. The zero-order valence-corrected chi connectivity index (χ0v) is 18.6. The van der Waals surface area contributed by atoms with Crippen molar-refractivity contribution in [1.82, 2.24) is 0 Å². The fourth-order valence-corrected chi connectivity index (χ4v) is 2.93. The quantitative estimate of drug-likeness (QED) is 0.460. The molecule has 0 unspecified atom stereocenters. The van der Waals surface area contributed by atoms with Crippen LogP contribution in [0, 0.1) is 5.92 Å². The first-order valence-electron chi connectivity index (χ1n) is 10.5. The van der Waals surface area contributed by atoms with E-state index < -0.39 is 0 Å². The third kappa shape index (κ3) is 6.60. The molecule has 2 amide bonds. The molecular formula is C26H28N2O4. The molecule has 6 heteroatoms. The molecule has 0 aromatic heterocycles. The Bertz CT molecular complexity index is 1040. The molecule has 3 aromatic rings. The molecule has 0 aliphatic carbocycles. The number of hydrogen-bond donors (Lipinski definition) is 2. The number of hydrogen-bond acceptors (Lipinski definition) is 4. The zero-order valence-electron chi connectivity index (χ0n) is 18.6. The van der Waals surface area contributed by atoms with Crippen LogP contribution in [0.3, 0.4) is 0 Å². The molecule has 0 saturated carbocycles. The van der Waals surface area contributed by atoms with E-state index in [0.29, 0.717) is 40.8 Å². The Labute approximate surface area is 188 Å². The van der Waals surface area contributed by atoms with Crippen LogP contribution < -0.4 is 20.1 Å². The number of nitrogens with one attached hydrogen (secondary N) is 2. The van der Waals surface area contributed by atoms with Gasteiger partial charge in [-0.3, -0.25) is 9.59 Å². The summed E-state index contributed by atoms with van der Waals surface area (Å²) in [4.78, 5) is 25.0. The van der Waals surface area contributed by atoms with Crippen LogP contribution in [0.1, 0.15) is 41.0 Å². The standard InChI is InChI=1S/C26H28N2O4/c1-18(2)15-16-32-23-13-9-20(10-14-23)25(29)27-21-11-7-19(8-12-21)26(30)28-22-5-4-6-24(17-22)31-3/h4-14,17-18H,15-16H2,1-3H3,(H,27,29)(H,28,30). The van der Waals surface area contributed by atoms with Gasteiger partial charge in [0.05, 0.1) is 13.7 Å². The molecule has 0 heterocycles. The van der Waals surface area contributed by atoms with E-state index in [2.05, 4.69) is 24.5 Å². The summed E-state index contributed by atoms with van der Waals surface area (Å²) < 4.78 is 10.8. The number of methoxy groups -OCH3 is 1. The van der Waals surface area contributed by atoms with Crippen LogP contribution in [0.4, 0.5) is 11.4 Å². The summed E-state index contributed by atoms with van der Waals surface area (Å²) >= 11 is 0. The summed E-state index contributed by atoms with van der Waals surface area (Å²) in [5.74, 6) is 1.51. The lowest BCUT2D eigenvalue weighted by Gasteiger charge is -2.10. The van der Waals surface area contributed by atoms with E-state index >= 15 is 0 Å². The molecule has 0 radical (unpaired) electrons. The first kappa shape index (κ1) is 22.9. The lowest BCUT2D eigenvalue weighted by Crippen LogP contribution is -2.13. The molecular weight excluding hydrogens is 404 g/mol. The number of carbonyl (C=O) groups is 2. The highest BCUT2D eigenvalue weighted by Crippen LogP contribution is 2.19. The Morgan fingerprint density at radius 1 is 0.781 bits per heavy atom. The van der Waals surface area contributed by atoms with E-state index in [1.165, 1.54) is 0 Å². The predicted molar refractivity (Wildman–Crippen MR) is 127 cm³/mol. The van der Waals surface area contributed by atoms with Crippen LogP contribution in [0.5, 0.6) is 11.5 Å². The van der Waals surface area contributed by atoms with Crippen LogP contribution in [0.25, 0.3) is 0 Å². The summed E-state index contributed by atoms with van der Waals surface area (Å²) in [6.07, 6.45) is 0.982. The van der Waals surface area contributed by atoms with Crippen molar-refractivity contribution in [1.29, 1.82) is 0 Å². The first-order chi connectivity index (χ1) is 15.4. The molecule has 0 atom stereocenters. The molecule has 0 spiro atoms. The number of anilines is 2. The van der Waals surface area contributed by atoms with Gasteiger partial charge in [-0.25, -0.2) is 0 Å². The Morgan fingerprint density at radius 2 is 1.38 bits per heavy atom. The Kier molecular flexibility index (Phi) is 7.86. The highest BCUT2D eigenvalue weighted by Gasteiger charge is 2.09. The topological polar surface area (TPSA) is 76.7 Å². The number of benzene rings is 3. The van der Waals surface area contributed by atoms with Crippen molar-refractivity contribution in [3.8, 4) is 11.5 Å². The molecule has 3 aromatic carbocycles. The van der Waals surface area contributed by atoms with Crippen molar-refractivity contribution in [2.24, 2.45) is 5.92 Å². The van der Waals surface area contributed by atoms with E-state index in [9.17, 15) is 9.59 Å². The van der Waals surface area contributed by atoms with Crippen LogP contribution >= 0.6 is 0 Å². The maximum Gasteiger partial charge on any atom is 0.255 e. The molecule has 3 rings (SSSR count). The minimum absolute atomic E-state index is 0.229. The largest absolute Gasteiger partial charge is 0.497 e. The van der Waals surface area contributed by atoms with Gasteiger partial charge in [0, 0.05) is 28.6 Å². The monoisotopic (exact) mass is 432 g/mol. The van der Waals surface area contributed by atoms with Crippen molar-refractivity contribution in [3.05, 3.63) is 83.9 Å². The first-order valence-corrected chi connectivity index (χ1v) is 10.5. The molecule has 0 bridgehead atoms. The molecule has 32 heavy (non-hydrogen) atoms. The van der Waals surface area contributed by atoms with Gasteiger partial charge in [-0.05, 0) is 73.0 Å². The second-order valence-corrected chi connectivity index (χ2v) is 7.77. The summed E-state index contributed by atoms with van der Waals surface area (Å²) in [5, 5.41) is 5.67. The van der Waals surface area contributed by atoms with Crippen LogP contribution in [-0.2, 0) is 0 Å². The summed E-state index contributed by atoms with van der Waals surface area (Å²) in [7, 11) is 1.57. The van der Waals surface area contributed by atoms with Crippen LogP contribution in [0.2, 0.25) is 0 Å². The molecule has 2 N–H and O–H groups in total. The minimum Gasteiger partial charge on any atom is -0.497 e. The third-order valence-electron chi connectivity index (χ3n) is 4.81. The molecule has 6 nitrogen and oxygen atoms in total. The van der Waals surface area contributed by atoms with Crippen molar-refractivity contribution in [2.75, 3.05) is 24.4 Å². The SMILES string of the molecule is COc1cccc(NC(=O)c2ccc(NC(=O)c3ccc(OCCC(C)C)cc3)cc2)c1. The maximum absolute atomic E-state index is 12.5. The van der Waals surface area contributed by atoms with Crippen molar-refractivity contribution in [2.45, 2.75) is 20.3 Å². The van der Waals surface area contributed by atoms with Crippen LogP contribution in [-0.4, -0.2) is 25.5 Å². The van der Waals surface area contributed by atoms with Crippen molar-refractivity contribution >= 4 is 23.2 Å². The van der Waals surface area contributed by atoms with Gasteiger partial charge >= 0.3 is 0 Å². The predicted octanol–water partition coefficient (Wildman–Crippen LogP) is 5.62. The Morgan fingerprint density at radius 3 is 1.97 bits per heavy atom. The number of amides is 2. The molecule has 0 fully saturated rings. The fourth-order valence-electron chi connectivity index (χ4n) is 2.93. The average Bonchev–Trinajstić information content (AvgIpc) is 2.80. The molecule has 0 saturated heterocycles. The van der Waals surface area contributed by atoms with Gasteiger partial charge in [-0.1, -0.05) is 19.9 Å². The normalized spacial score (nSPS) is 10.5. The smallest absolute Gasteiger partial charge is 0.255 e. The van der Waals surface area contributed by atoms with Gasteiger partial charge in [0.1, 0.15) is 11.5 Å². The van der Waals surface area contributed by atoms with E-state index in [0.717, 1.165) is 12.2 Å². The lowest BCUT2D eigenvalue weighted by atomic mass is 10.1. The number of ether oxygens (including phenoxy) is 2. The summed E-state index contributed by atoms with van der Waals surface area (Å²) in [6, 6.07) is 20.9. The summed E-state index contributed by atoms with van der Waals surface area (Å²) in [5.41, 5.74) is 2.25. The van der Waals surface area contributed by atoms with E-state index in [1.54, 1.807) is 79.9 Å². The van der Waals surface area contributed by atoms with Crippen molar-refractivity contribution < 1.29 is 19.1 Å². The Hall–Kier alpha value is -3.80. The second kappa shape index (κ2) is 11.0. The zero-order chi connectivity index (χ0) is 22.9. The molecule has 0 aliphatic rings. The van der Waals surface area contributed by atoms with Gasteiger partial charge in [-0.2, -0.15) is 0 Å². The molecule has 0 aliphatic heterocycles. The van der Waals surface area contributed by atoms with Crippen LogP contribution in [0.15, 0.2) is 72.8 Å². The highest BCUT2D eigenvalue weighted by molar-refractivity contribution is 6.06. The third-order valence-corrected chi connectivity index (χ3v) is 4.81. The number of carbonyl (C=O) groups excluding carboxylic acids is 2. The van der Waals surface area contributed by atoms with Gasteiger partial charge in [0.15, 0.2) is 0 Å². The van der Waals surface area contributed by atoms with E-state index in [4.69, 9.17) is 9.47 Å². The lowest BCUT2D eigenvalue weighted by molar-refractivity contribution is 0.102. The van der Waals surface area contributed by atoms with Gasteiger partial charge in [0.25, 0.3) is 11.8 Å². The number of rotatable bonds is 9. The second-order valence-electron chi connectivity index (χ2n) is 7.77. The van der Waals surface area contributed by atoms with Gasteiger partial charge in [0.2, 0.25) is 0 Å². The maximum atomic E-state index is 12.5. The van der Waals surface area contributed by atoms with E-state index in [-0.39, 0.29) is 11.8 Å². The van der Waals surface area contributed by atoms with Gasteiger partial charge in [-0.15, -0.1) is 0 Å². The van der Waals surface area contributed by atoms with Gasteiger partial charge < -0.3 is 20.1 Å². The minimum atomic E-state index is -0.246. The molecule has 166 valence electrons. The highest BCUT2D eigenvalue weighted by atomic mass is 16.5. The van der Waals surface area contributed by atoms with Crippen molar-refractivity contribution in [3.63, 3.8) is 0 Å². The van der Waals surface area contributed by atoms with E-state index in [1.807, 2.05) is 0 Å².